The Morgan fingerprint density at radius 3 is 1.75 bits per heavy atom. The maximum atomic E-state index is 15.2. The first-order valence-corrected chi connectivity index (χ1v) is 19.0. The molecule has 0 aromatic heterocycles. The summed E-state index contributed by atoms with van der Waals surface area (Å²) in [7, 11) is 0. The quantitative estimate of drug-likeness (QED) is 0.0614. The molecule has 0 saturated carbocycles. The molecular weight excluding hydrogens is 706 g/mol. The molecule has 8 rings (SSSR count). The molecule has 0 N–H and O–H groups in total. The van der Waals surface area contributed by atoms with Crippen LogP contribution in [0.3, 0.4) is 0 Å². The number of halogens is 2. The number of esters is 1. The van der Waals surface area contributed by atoms with Gasteiger partial charge in [0.2, 0.25) is 0 Å². The highest BCUT2D eigenvalue weighted by molar-refractivity contribution is 5.91. The number of benzene rings is 4. The molecule has 0 radical (unpaired) electrons. The zero-order valence-electron chi connectivity index (χ0n) is 32.3. The second-order valence-electron chi connectivity index (χ2n) is 17.1. The van der Waals surface area contributed by atoms with Crippen molar-refractivity contribution in [1.82, 2.24) is 0 Å². The predicted octanol–water partition coefficient (Wildman–Crippen LogP) is 9.01. The van der Waals surface area contributed by atoms with E-state index in [1.54, 1.807) is 18.2 Å². The van der Waals surface area contributed by atoms with E-state index in [1.165, 1.54) is 29.3 Å². The van der Waals surface area contributed by atoms with E-state index in [9.17, 15) is 9.18 Å². The molecule has 55 heavy (non-hydrogen) atoms. The lowest BCUT2D eigenvalue weighted by molar-refractivity contribution is -0.218. The van der Waals surface area contributed by atoms with Crippen molar-refractivity contribution in [2.75, 3.05) is 39.6 Å². The van der Waals surface area contributed by atoms with Crippen molar-refractivity contribution in [3.05, 3.63) is 117 Å². The van der Waals surface area contributed by atoms with E-state index in [4.69, 9.17) is 33.5 Å². The topological polar surface area (TPSA) is 81.7 Å². The van der Waals surface area contributed by atoms with Gasteiger partial charge in [-0.25, -0.2) is 13.6 Å². The minimum atomic E-state index is -0.774. The average molecular weight is 755 g/mol. The van der Waals surface area contributed by atoms with Crippen LogP contribution < -0.4 is 19.1 Å². The number of carbonyl (C=O) groups excluding carboxylic acids is 1. The molecule has 4 aliphatic rings. The first kappa shape index (κ1) is 37.4. The van der Waals surface area contributed by atoms with Crippen molar-refractivity contribution >= 4 is 5.97 Å². The normalized spacial score (nSPS) is 20.7. The Hall–Kier alpha value is -4.51. The summed E-state index contributed by atoms with van der Waals surface area (Å²) in [6.45, 7) is 16.3. The van der Waals surface area contributed by atoms with Crippen LogP contribution in [0.2, 0.25) is 0 Å². The fraction of sp³-hybridized carbons (Fsp3) is 0.444. The van der Waals surface area contributed by atoms with E-state index >= 15 is 4.39 Å². The molecule has 0 bridgehead atoms. The molecule has 1 atom stereocenters. The van der Waals surface area contributed by atoms with Crippen LogP contribution in [0.25, 0.3) is 0 Å². The Kier molecular flexibility index (Phi) is 9.67. The summed E-state index contributed by atoms with van der Waals surface area (Å²) >= 11 is 0. The SMILES string of the molecule is Cc1cc2c(cc1OOCc1ccc(OCC3COC3)cc1F)C1(CC2(C)C)CC(C)(C)c2cc(C)c(OC(=O)c3ccc(OCC4COC4)cc3F)cc21. The van der Waals surface area contributed by atoms with Gasteiger partial charge in [0.05, 0.1) is 45.2 Å². The van der Waals surface area contributed by atoms with E-state index in [2.05, 4.69) is 45.9 Å². The molecule has 2 heterocycles. The Labute approximate surface area is 320 Å². The summed E-state index contributed by atoms with van der Waals surface area (Å²) in [6.07, 6.45) is 1.64. The van der Waals surface area contributed by atoms with Crippen LogP contribution >= 0.6 is 0 Å². The lowest BCUT2D eigenvalue weighted by atomic mass is 9.72. The van der Waals surface area contributed by atoms with Crippen LogP contribution in [0.4, 0.5) is 8.78 Å². The molecule has 2 aliphatic carbocycles. The van der Waals surface area contributed by atoms with Gasteiger partial charge in [0, 0.05) is 34.9 Å². The molecule has 4 aromatic rings. The molecule has 2 saturated heterocycles. The Bertz CT molecular complexity index is 2130. The summed E-state index contributed by atoms with van der Waals surface area (Å²) < 4.78 is 58.0. The highest BCUT2D eigenvalue weighted by Crippen LogP contribution is 2.64. The second kappa shape index (κ2) is 14.2. The highest BCUT2D eigenvalue weighted by atomic mass is 19.1. The van der Waals surface area contributed by atoms with E-state index in [0.717, 1.165) is 35.1 Å². The van der Waals surface area contributed by atoms with Crippen LogP contribution in [0, 0.1) is 37.3 Å². The zero-order valence-corrected chi connectivity index (χ0v) is 32.3. The highest BCUT2D eigenvalue weighted by Gasteiger charge is 2.56. The van der Waals surface area contributed by atoms with Gasteiger partial charge in [-0.15, -0.1) is 0 Å². The second-order valence-corrected chi connectivity index (χ2v) is 17.1. The van der Waals surface area contributed by atoms with Gasteiger partial charge < -0.3 is 28.6 Å². The smallest absolute Gasteiger partial charge is 0.346 e. The maximum Gasteiger partial charge on any atom is 0.346 e. The van der Waals surface area contributed by atoms with Gasteiger partial charge in [0.15, 0.2) is 5.75 Å². The first-order valence-electron chi connectivity index (χ1n) is 19.0. The van der Waals surface area contributed by atoms with Crippen molar-refractivity contribution in [2.24, 2.45) is 11.8 Å². The van der Waals surface area contributed by atoms with Gasteiger partial charge >= 0.3 is 5.97 Å². The number of hydrogen-bond acceptors (Lipinski definition) is 8. The lowest BCUT2D eigenvalue weighted by Gasteiger charge is -2.30. The monoisotopic (exact) mass is 754 g/mol. The Morgan fingerprint density at radius 2 is 1.22 bits per heavy atom. The zero-order chi connectivity index (χ0) is 38.7. The fourth-order valence-electron chi connectivity index (χ4n) is 8.76. The van der Waals surface area contributed by atoms with Crippen LogP contribution in [-0.4, -0.2) is 45.6 Å². The largest absolute Gasteiger partial charge is 0.493 e. The van der Waals surface area contributed by atoms with E-state index < -0.39 is 23.0 Å². The average Bonchev–Trinajstić information content (AvgIpc) is 3.42. The third kappa shape index (κ3) is 7.09. The molecule has 4 aromatic carbocycles. The van der Waals surface area contributed by atoms with Crippen LogP contribution in [0.1, 0.15) is 89.8 Å². The van der Waals surface area contributed by atoms with Crippen LogP contribution in [0.5, 0.6) is 23.0 Å². The molecule has 290 valence electrons. The number of fused-ring (bicyclic) bond motifs is 4. The minimum Gasteiger partial charge on any atom is -0.493 e. The first-order chi connectivity index (χ1) is 26.2. The van der Waals surface area contributed by atoms with Crippen molar-refractivity contribution in [3.63, 3.8) is 0 Å². The van der Waals surface area contributed by atoms with Crippen LogP contribution in [0.15, 0.2) is 60.7 Å². The minimum absolute atomic E-state index is 0.0914. The Balaban J connectivity index is 1.04. The van der Waals surface area contributed by atoms with Gasteiger partial charge in [-0.05, 0) is 107 Å². The van der Waals surface area contributed by atoms with Crippen molar-refractivity contribution < 1.29 is 47.0 Å². The van der Waals surface area contributed by atoms with Crippen molar-refractivity contribution in [3.8, 4) is 23.0 Å². The van der Waals surface area contributed by atoms with Gasteiger partial charge in [0.25, 0.3) is 0 Å². The van der Waals surface area contributed by atoms with Gasteiger partial charge in [0.1, 0.15) is 35.5 Å². The molecule has 2 fully saturated rings. The molecule has 2 aliphatic heterocycles. The number of aryl methyl sites for hydroxylation is 2. The molecular formula is C45H48F2O8. The summed E-state index contributed by atoms with van der Waals surface area (Å²) in [4.78, 5) is 25.1. The maximum absolute atomic E-state index is 15.2. The summed E-state index contributed by atoms with van der Waals surface area (Å²) in [5.74, 6) is 0.471. The summed E-state index contributed by atoms with van der Waals surface area (Å²) in [5, 5.41) is 0. The third-order valence-electron chi connectivity index (χ3n) is 11.7. The van der Waals surface area contributed by atoms with E-state index in [1.807, 2.05) is 19.9 Å². The lowest BCUT2D eigenvalue weighted by Crippen LogP contribution is -2.32. The number of hydrogen-bond donors (Lipinski definition) is 0. The number of rotatable bonds is 12. The third-order valence-corrected chi connectivity index (χ3v) is 11.7. The van der Waals surface area contributed by atoms with Gasteiger partial charge in [-0.3, -0.25) is 0 Å². The van der Waals surface area contributed by atoms with E-state index in [0.29, 0.717) is 74.1 Å². The van der Waals surface area contributed by atoms with E-state index in [-0.39, 0.29) is 28.9 Å². The molecule has 1 spiro atoms. The van der Waals surface area contributed by atoms with Gasteiger partial charge in [-0.1, -0.05) is 39.8 Å². The van der Waals surface area contributed by atoms with Crippen LogP contribution in [-0.2, 0) is 37.2 Å². The summed E-state index contributed by atoms with van der Waals surface area (Å²) in [6, 6.07) is 17.3. The van der Waals surface area contributed by atoms with Crippen molar-refractivity contribution in [2.45, 2.75) is 77.2 Å². The summed E-state index contributed by atoms with van der Waals surface area (Å²) in [5.41, 5.74) is 5.66. The van der Waals surface area contributed by atoms with Gasteiger partial charge in [-0.2, -0.15) is 4.89 Å². The molecule has 0 amide bonds. The standard InChI is InChI=1S/C45H48F2O8/c1-26-11-34-36(15-40(26)54-42(48)33-10-9-32(14-39(33)47)52-22-29-19-50-20-29)45(24-43(34,3)4)25-44(5,6)35-12-27(2)41(16-37(35)45)55-53-23-30-7-8-31(13-38(30)46)51-21-28-17-49-18-28/h7-16,28-29H,17-25H2,1-6H3. The number of ether oxygens (including phenoxy) is 5. The molecule has 10 heteroatoms. The number of carbonyl (C=O) groups is 1. The predicted molar refractivity (Wildman–Crippen MR) is 201 cm³/mol. The molecule has 8 nitrogen and oxygen atoms in total. The fourth-order valence-corrected chi connectivity index (χ4v) is 8.76. The molecule has 1 unspecified atom stereocenters. The van der Waals surface area contributed by atoms with Crippen molar-refractivity contribution in [1.29, 1.82) is 0 Å². The Morgan fingerprint density at radius 1 is 0.691 bits per heavy atom.